The molecule has 2 amide bonds. The summed E-state index contributed by atoms with van der Waals surface area (Å²) in [6.07, 6.45) is 0. The number of thiocarbonyl (C=S) groups is 1. The molecule has 0 saturated heterocycles. The average molecular weight is 466 g/mol. The zero-order valence-electron chi connectivity index (χ0n) is 17.9. The lowest BCUT2D eigenvalue weighted by Gasteiger charge is -2.11. The van der Waals surface area contributed by atoms with Gasteiger partial charge in [0.15, 0.2) is 5.11 Å². The lowest BCUT2D eigenvalue weighted by Crippen LogP contribution is -2.48. The topological polar surface area (TPSA) is 97.9 Å². The first-order valence-corrected chi connectivity index (χ1v) is 10.4. The number of benzene rings is 3. The SMILES string of the molecule is COc1ccc(C(=O)NNC(=S)NC(=O)c2ccc(OCCOc3ccccc3)cc2)cc1. The van der Waals surface area contributed by atoms with E-state index in [1.807, 2.05) is 30.3 Å². The van der Waals surface area contributed by atoms with E-state index in [9.17, 15) is 9.59 Å². The third kappa shape index (κ3) is 7.51. The van der Waals surface area contributed by atoms with Gasteiger partial charge in [0.2, 0.25) is 0 Å². The van der Waals surface area contributed by atoms with Gasteiger partial charge in [-0.1, -0.05) is 18.2 Å². The molecule has 0 bridgehead atoms. The fourth-order valence-electron chi connectivity index (χ4n) is 2.67. The van der Waals surface area contributed by atoms with E-state index in [1.165, 1.54) is 0 Å². The number of nitrogens with one attached hydrogen (secondary N) is 3. The molecular weight excluding hydrogens is 442 g/mol. The molecule has 0 aliphatic heterocycles. The first-order chi connectivity index (χ1) is 16.0. The summed E-state index contributed by atoms with van der Waals surface area (Å²) < 4.78 is 16.2. The molecule has 33 heavy (non-hydrogen) atoms. The third-order valence-electron chi connectivity index (χ3n) is 4.35. The van der Waals surface area contributed by atoms with Crippen molar-refractivity contribution >= 4 is 29.1 Å². The van der Waals surface area contributed by atoms with Gasteiger partial charge in [-0.2, -0.15) is 0 Å². The van der Waals surface area contributed by atoms with E-state index < -0.39 is 11.8 Å². The molecule has 0 fully saturated rings. The Morgan fingerprint density at radius 1 is 0.697 bits per heavy atom. The zero-order chi connectivity index (χ0) is 23.5. The fraction of sp³-hybridized carbons (Fsp3) is 0.125. The molecule has 0 saturated carbocycles. The van der Waals surface area contributed by atoms with Crippen LogP contribution in [0.1, 0.15) is 20.7 Å². The average Bonchev–Trinajstić information content (AvgIpc) is 2.86. The zero-order valence-corrected chi connectivity index (χ0v) is 18.7. The fourth-order valence-corrected chi connectivity index (χ4v) is 2.82. The van der Waals surface area contributed by atoms with Crippen LogP contribution >= 0.6 is 12.2 Å². The predicted octanol–water partition coefficient (Wildman–Crippen LogP) is 3.10. The maximum atomic E-state index is 12.3. The first kappa shape index (κ1) is 23.6. The largest absolute Gasteiger partial charge is 0.497 e. The quantitative estimate of drug-likeness (QED) is 0.267. The van der Waals surface area contributed by atoms with E-state index >= 15 is 0 Å². The van der Waals surface area contributed by atoms with Crippen LogP contribution in [0.15, 0.2) is 78.9 Å². The number of hydrogen-bond donors (Lipinski definition) is 3. The van der Waals surface area contributed by atoms with Crippen molar-refractivity contribution in [2.45, 2.75) is 0 Å². The molecule has 0 heterocycles. The van der Waals surface area contributed by atoms with E-state index in [0.717, 1.165) is 5.75 Å². The Bertz CT molecular complexity index is 1070. The van der Waals surface area contributed by atoms with E-state index in [-0.39, 0.29) is 5.11 Å². The van der Waals surface area contributed by atoms with E-state index in [4.69, 9.17) is 26.4 Å². The van der Waals surface area contributed by atoms with Crippen molar-refractivity contribution in [1.82, 2.24) is 16.2 Å². The van der Waals surface area contributed by atoms with Crippen molar-refractivity contribution in [2.24, 2.45) is 0 Å². The molecule has 0 radical (unpaired) electrons. The molecule has 0 aliphatic carbocycles. The lowest BCUT2D eigenvalue weighted by molar-refractivity contribution is 0.0934. The van der Waals surface area contributed by atoms with Crippen LogP contribution in [0, 0.1) is 0 Å². The summed E-state index contributed by atoms with van der Waals surface area (Å²) in [5.74, 6) is 1.19. The first-order valence-electron chi connectivity index (χ1n) is 10.0. The van der Waals surface area contributed by atoms with Crippen molar-refractivity contribution in [3.8, 4) is 17.2 Å². The Hall–Kier alpha value is -4.11. The summed E-state index contributed by atoms with van der Waals surface area (Å²) in [4.78, 5) is 24.5. The minimum atomic E-state index is -0.426. The van der Waals surface area contributed by atoms with Gasteiger partial charge in [-0.15, -0.1) is 0 Å². The van der Waals surface area contributed by atoms with Gasteiger partial charge < -0.3 is 14.2 Å². The molecule has 3 aromatic rings. The van der Waals surface area contributed by atoms with Gasteiger partial charge >= 0.3 is 0 Å². The molecule has 0 aromatic heterocycles. The second-order valence-corrected chi connectivity index (χ2v) is 7.03. The van der Waals surface area contributed by atoms with Gasteiger partial charge in [-0.3, -0.25) is 25.8 Å². The smallest absolute Gasteiger partial charge is 0.269 e. The third-order valence-corrected chi connectivity index (χ3v) is 4.55. The Morgan fingerprint density at radius 2 is 1.21 bits per heavy atom. The molecule has 3 N–H and O–H groups in total. The van der Waals surface area contributed by atoms with Gasteiger partial charge in [0.05, 0.1) is 7.11 Å². The number of methoxy groups -OCH3 is 1. The highest BCUT2D eigenvalue weighted by Gasteiger charge is 2.10. The van der Waals surface area contributed by atoms with E-state index in [2.05, 4.69) is 16.2 Å². The normalized spacial score (nSPS) is 9.97. The molecule has 8 nitrogen and oxygen atoms in total. The minimum absolute atomic E-state index is 0.0414. The van der Waals surface area contributed by atoms with Crippen LogP contribution in [0.2, 0.25) is 0 Å². The lowest BCUT2D eigenvalue weighted by atomic mass is 10.2. The number of para-hydroxylation sites is 1. The number of carbonyl (C=O) groups excluding carboxylic acids is 2. The van der Waals surface area contributed by atoms with Crippen molar-refractivity contribution < 1.29 is 23.8 Å². The molecule has 0 spiro atoms. The van der Waals surface area contributed by atoms with E-state index in [1.54, 1.807) is 55.6 Å². The summed E-state index contributed by atoms with van der Waals surface area (Å²) in [5, 5.41) is 2.46. The monoisotopic (exact) mass is 465 g/mol. The van der Waals surface area contributed by atoms with Crippen LogP contribution in [0.25, 0.3) is 0 Å². The van der Waals surface area contributed by atoms with Gasteiger partial charge in [-0.05, 0) is 72.9 Å². The van der Waals surface area contributed by atoms with Crippen LogP contribution in [0.4, 0.5) is 0 Å². The molecule has 9 heteroatoms. The highest BCUT2D eigenvalue weighted by atomic mass is 32.1. The summed E-state index contributed by atoms with van der Waals surface area (Å²) in [6, 6.07) is 22.6. The number of hydrazine groups is 1. The highest BCUT2D eigenvalue weighted by molar-refractivity contribution is 7.80. The van der Waals surface area contributed by atoms with Crippen molar-refractivity contribution in [1.29, 1.82) is 0 Å². The Kier molecular flexibility index (Phi) is 8.61. The van der Waals surface area contributed by atoms with Gasteiger partial charge in [0.25, 0.3) is 11.8 Å². The summed E-state index contributed by atoms with van der Waals surface area (Å²) in [7, 11) is 1.54. The predicted molar refractivity (Wildman–Crippen MR) is 128 cm³/mol. The Labute approximate surface area is 196 Å². The molecule has 0 aliphatic rings. The van der Waals surface area contributed by atoms with Crippen LogP contribution in [0.5, 0.6) is 17.2 Å². The minimum Gasteiger partial charge on any atom is -0.497 e. The van der Waals surface area contributed by atoms with Crippen molar-refractivity contribution in [3.63, 3.8) is 0 Å². The number of hydrogen-bond acceptors (Lipinski definition) is 6. The number of rotatable bonds is 8. The number of ether oxygens (including phenoxy) is 3. The Morgan fingerprint density at radius 3 is 1.79 bits per heavy atom. The summed E-state index contributed by atoms with van der Waals surface area (Å²) in [5.41, 5.74) is 5.71. The van der Waals surface area contributed by atoms with Crippen molar-refractivity contribution in [2.75, 3.05) is 20.3 Å². The molecular formula is C24H23N3O5S. The maximum Gasteiger partial charge on any atom is 0.269 e. The molecule has 0 atom stereocenters. The standard InChI is InChI=1S/C24H23N3O5S/c1-30-19-11-7-18(8-12-19)23(29)26-27-24(33)25-22(28)17-9-13-21(14-10-17)32-16-15-31-20-5-3-2-4-6-20/h2-14H,15-16H2,1H3,(H,26,29)(H2,25,27,28,33). The molecule has 3 aromatic carbocycles. The number of amides is 2. The second kappa shape index (κ2) is 12.1. The Balaban J connectivity index is 1.39. The van der Waals surface area contributed by atoms with Gasteiger partial charge in [0, 0.05) is 11.1 Å². The second-order valence-electron chi connectivity index (χ2n) is 6.63. The summed E-state index contributed by atoms with van der Waals surface area (Å²) >= 11 is 5.06. The van der Waals surface area contributed by atoms with Crippen LogP contribution in [0.3, 0.4) is 0 Å². The van der Waals surface area contributed by atoms with Crippen LogP contribution < -0.4 is 30.4 Å². The van der Waals surface area contributed by atoms with E-state index in [0.29, 0.717) is 35.8 Å². The van der Waals surface area contributed by atoms with Crippen LogP contribution in [-0.4, -0.2) is 37.3 Å². The molecule has 170 valence electrons. The van der Waals surface area contributed by atoms with Crippen molar-refractivity contribution in [3.05, 3.63) is 90.0 Å². The van der Waals surface area contributed by atoms with Gasteiger partial charge in [0.1, 0.15) is 30.5 Å². The molecule has 0 unspecified atom stereocenters. The van der Waals surface area contributed by atoms with Crippen LogP contribution in [-0.2, 0) is 0 Å². The van der Waals surface area contributed by atoms with Gasteiger partial charge in [-0.25, -0.2) is 0 Å². The summed E-state index contributed by atoms with van der Waals surface area (Å²) in [6.45, 7) is 0.761. The highest BCUT2D eigenvalue weighted by Crippen LogP contribution is 2.13. The maximum absolute atomic E-state index is 12.3. The molecule has 3 rings (SSSR count). The number of carbonyl (C=O) groups is 2.